The van der Waals surface area contributed by atoms with Gasteiger partial charge in [0.2, 0.25) is 0 Å². The first-order valence-corrected chi connectivity index (χ1v) is 9.20. The van der Waals surface area contributed by atoms with Gasteiger partial charge in [0.05, 0.1) is 6.54 Å². The summed E-state index contributed by atoms with van der Waals surface area (Å²) < 4.78 is 7.56. The number of hydrogen-bond donors (Lipinski definition) is 1. The summed E-state index contributed by atoms with van der Waals surface area (Å²) in [6, 6.07) is 4.55. The van der Waals surface area contributed by atoms with Crippen LogP contribution in [0.15, 0.2) is 33.7 Å². The Labute approximate surface area is 147 Å². The van der Waals surface area contributed by atoms with Crippen molar-refractivity contribution >= 4 is 5.82 Å². The molecule has 6 heteroatoms. The zero-order valence-electron chi connectivity index (χ0n) is 14.9. The molecule has 1 aliphatic carbocycles. The minimum absolute atomic E-state index is 0.0302. The van der Waals surface area contributed by atoms with E-state index in [2.05, 4.69) is 34.3 Å². The molecule has 0 unspecified atom stereocenters. The first kappa shape index (κ1) is 16.4. The van der Waals surface area contributed by atoms with E-state index in [0.29, 0.717) is 17.8 Å². The van der Waals surface area contributed by atoms with E-state index in [-0.39, 0.29) is 5.56 Å². The van der Waals surface area contributed by atoms with Crippen LogP contribution >= 0.6 is 0 Å². The predicted octanol–water partition coefficient (Wildman–Crippen LogP) is 2.26. The van der Waals surface area contributed by atoms with Crippen molar-refractivity contribution in [2.45, 2.75) is 44.7 Å². The van der Waals surface area contributed by atoms with Crippen molar-refractivity contribution in [1.29, 1.82) is 0 Å². The molecule has 2 aromatic heterocycles. The Hall–Kier alpha value is -2.08. The fraction of sp³-hybridized carbons (Fsp3) is 0.579. The van der Waals surface area contributed by atoms with Crippen LogP contribution in [0.4, 0.5) is 5.82 Å². The average Bonchev–Trinajstić information content (AvgIpc) is 3.16. The molecule has 1 saturated heterocycles. The molecule has 2 fully saturated rings. The molecule has 3 heterocycles. The lowest BCUT2D eigenvalue weighted by Crippen LogP contribution is -2.47. The van der Waals surface area contributed by atoms with Crippen LogP contribution in [0.25, 0.3) is 0 Å². The Balaban J connectivity index is 1.36. The van der Waals surface area contributed by atoms with Crippen LogP contribution < -0.4 is 15.8 Å². The third kappa shape index (κ3) is 3.49. The first-order chi connectivity index (χ1) is 12.1. The largest absolute Gasteiger partial charge is 0.464 e. The first-order valence-electron chi connectivity index (χ1n) is 9.20. The molecular formula is C19H26N4O2. The maximum atomic E-state index is 12.3. The van der Waals surface area contributed by atoms with Crippen molar-refractivity contribution in [2.75, 3.05) is 18.0 Å². The van der Waals surface area contributed by atoms with Crippen molar-refractivity contribution in [1.82, 2.24) is 14.9 Å². The molecule has 0 aromatic carbocycles. The van der Waals surface area contributed by atoms with Crippen molar-refractivity contribution in [3.05, 3.63) is 46.4 Å². The summed E-state index contributed by atoms with van der Waals surface area (Å²) in [5.41, 5.74) is -0.0302. The van der Waals surface area contributed by atoms with E-state index in [1.165, 1.54) is 6.42 Å². The predicted molar refractivity (Wildman–Crippen MR) is 96.8 cm³/mol. The Kier molecular flexibility index (Phi) is 4.37. The van der Waals surface area contributed by atoms with E-state index in [4.69, 9.17) is 4.42 Å². The molecule has 0 spiro atoms. The summed E-state index contributed by atoms with van der Waals surface area (Å²) in [6.45, 7) is 4.69. The van der Waals surface area contributed by atoms with Gasteiger partial charge in [0.15, 0.2) is 5.82 Å². The van der Waals surface area contributed by atoms with Gasteiger partial charge < -0.3 is 19.2 Å². The summed E-state index contributed by atoms with van der Waals surface area (Å²) in [5, 5.41) is 3.58. The molecule has 1 saturated carbocycles. The van der Waals surface area contributed by atoms with Crippen LogP contribution in [0.3, 0.4) is 0 Å². The van der Waals surface area contributed by atoms with Crippen molar-refractivity contribution < 1.29 is 4.42 Å². The van der Waals surface area contributed by atoms with Gasteiger partial charge >= 0.3 is 0 Å². The van der Waals surface area contributed by atoms with Crippen LogP contribution in [0.2, 0.25) is 0 Å². The highest BCUT2D eigenvalue weighted by molar-refractivity contribution is 5.36. The van der Waals surface area contributed by atoms with Gasteiger partial charge in [-0.2, -0.15) is 0 Å². The number of nitrogens with one attached hydrogen (secondary N) is 1. The SMILES string of the molecule is C[C@@H]1C[C@H]1c1ccc(CN[C@@H]2CCCN(c3nccn(C)c3=O)C2)o1. The number of nitrogens with zero attached hydrogens (tertiary/aromatic N) is 3. The fourth-order valence-corrected chi connectivity index (χ4v) is 3.69. The summed E-state index contributed by atoms with van der Waals surface area (Å²) in [4.78, 5) is 18.7. The highest BCUT2D eigenvalue weighted by Gasteiger charge is 2.36. The number of piperidine rings is 1. The zero-order chi connectivity index (χ0) is 17.4. The summed E-state index contributed by atoms with van der Waals surface area (Å²) in [7, 11) is 1.77. The lowest BCUT2D eigenvalue weighted by atomic mass is 10.1. The molecule has 0 amide bonds. The lowest BCUT2D eigenvalue weighted by molar-refractivity contribution is 0.384. The number of rotatable bonds is 5. The van der Waals surface area contributed by atoms with Gasteiger partial charge in [-0.05, 0) is 37.3 Å². The third-order valence-electron chi connectivity index (χ3n) is 5.44. The third-order valence-corrected chi connectivity index (χ3v) is 5.44. The van der Waals surface area contributed by atoms with E-state index in [0.717, 1.165) is 49.9 Å². The van der Waals surface area contributed by atoms with Crippen LogP contribution in [-0.4, -0.2) is 28.7 Å². The van der Waals surface area contributed by atoms with E-state index in [9.17, 15) is 4.79 Å². The van der Waals surface area contributed by atoms with E-state index >= 15 is 0 Å². The maximum Gasteiger partial charge on any atom is 0.293 e. The monoisotopic (exact) mass is 342 g/mol. The van der Waals surface area contributed by atoms with Crippen molar-refractivity contribution in [3.8, 4) is 0 Å². The summed E-state index contributed by atoms with van der Waals surface area (Å²) in [5.74, 6) is 4.07. The molecule has 0 bridgehead atoms. The summed E-state index contributed by atoms with van der Waals surface area (Å²) in [6.07, 6.45) is 6.80. The Bertz CT molecular complexity index is 797. The van der Waals surface area contributed by atoms with Crippen LogP contribution in [0.1, 0.15) is 43.6 Å². The normalized spacial score (nSPS) is 26.0. The van der Waals surface area contributed by atoms with Gasteiger partial charge in [0, 0.05) is 44.5 Å². The van der Waals surface area contributed by atoms with Gasteiger partial charge in [0.1, 0.15) is 11.5 Å². The Morgan fingerprint density at radius 1 is 1.40 bits per heavy atom. The van der Waals surface area contributed by atoms with Gasteiger partial charge in [0.25, 0.3) is 5.56 Å². The second-order valence-corrected chi connectivity index (χ2v) is 7.46. The molecular weight excluding hydrogens is 316 g/mol. The van der Waals surface area contributed by atoms with E-state index in [1.54, 1.807) is 24.0 Å². The van der Waals surface area contributed by atoms with Crippen molar-refractivity contribution in [3.63, 3.8) is 0 Å². The lowest BCUT2D eigenvalue weighted by Gasteiger charge is -2.33. The molecule has 4 rings (SSSR count). The smallest absolute Gasteiger partial charge is 0.293 e. The van der Waals surface area contributed by atoms with Gasteiger partial charge in [-0.3, -0.25) is 4.79 Å². The Morgan fingerprint density at radius 2 is 2.24 bits per heavy atom. The quantitative estimate of drug-likeness (QED) is 0.903. The van der Waals surface area contributed by atoms with Gasteiger partial charge in [-0.1, -0.05) is 6.92 Å². The molecule has 6 nitrogen and oxygen atoms in total. The van der Waals surface area contributed by atoms with Gasteiger partial charge in [-0.15, -0.1) is 0 Å². The molecule has 1 aliphatic heterocycles. The average molecular weight is 342 g/mol. The molecule has 2 aromatic rings. The van der Waals surface area contributed by atoms with E-state index < -0.39 is 0 Å². The maximum absolute atomic E-state index is 12.3. The molecule has 3 atom stereocenters. The Morgan fingerprint density at radius 3 is 3.04 bits per heavy atom. The zero-order valence-corrected chi connectivity index (χ0v) is 14.9. The number of furan rings is 1. The highest BCUT2D eigenvalue weighted by Crippen LogP contribution is 2.47. The van der Waals surface area contributed by atoms with Crippen molar-refractivity contribution in [2.24, 2.45) is 13.0 Å². The van der Waals surface area contributed by atoms with Crippen LogP contribution in [0, 0.1) is 5.92 Å². The van der Waals surface area contributed by atoms with Crippen LogP contribution in [0.5, 0.6) is 0 Å². The molecule has 1 N–H and O–H groups in total. The topological polar surface area (TPSA) is 63.3 Å². The molecule has 134 valence electrons. The minimum Gasteiger partial charge on any atom is -0.464 e. The molecule has 25 heavy (non-hydrogen) atoms. The fourth-order valence-electron chi connectivity index (χ4n) is 3.69. The van der Waals surface area contributed by atoms with E-state index in [1.807, 2.05) is 0 Å². The molecule has 0 radical (unpaired) electrons. The number of anilines is 1. The second kappa shape index (κ2) is 6.67. The number of aromatic nitrogens is 2. The highest BCUT2D eigenvalue weighted by atomic mass is 16.3. The standard InChI is InChI=1S/C19H26N4O2/c1-13-10-16(13)17-6-5-15(25-17)11-21-14-4-3-8-23(12-14)18-19(24)22(2)9-7-20-18/h5-7,9,13-14,16,21H,3-4,8,10-12H2,1-2H3/t13-,14-,16-/m1/s1. The molecule has 2 aliphatic rings. The number of hydrogen-bond acceptors (Lipinski definition) is 5. The number of aryl methyl sites for hydroxylation is 1. The second-order valence-electron chi connectivity index (χ2n) is 7.46. The minimum atomic E-state index is -0.0302. The van der Waals surface area contributed by atoms with Crippen LogP contribution in [-0.2, 0) is 13.6 Å². The summed E-state index contributed by atoms with van der Waals surface area (Å²) >= 11 is 0. The van der Waals surface area contributed by atoms with Gasteiger partial charge in [-0.25, -0.2) is 4.98 Å².